The number of nitrogens with zero attached hydrogens (tertiary/aromatic N) is 1. The van der Waals surface area contributed by atoms with Crippen LogP contribution >= 0.6 is 0 Å². The molecule has 0 spiro atoms. The molecule has 1 atom stereocenters. The number of carboxylic acid groups (broad SMARTS) is 1. The van der Waals surface area contributed by atoms with Crippen LogP contribution in [0.5, 0.6) is 0 Å². The summed E-state index contributed by atoms with van der Waals surface area (Å²) in [6.45, 7) is 2.35. The van der Waals surface area contributed by atoms with E-state index >= 15 is 0 Å². The predicted molar refractivity (Wildman–Crippen MR) is 72.1 cm³/mol. The van der Waals surface area contributed by atoms with Crippen LogP contribution in [0.15, 0.2) is 18.2 Å². The Morgan fingerprint density at radius 2 is 2.20 bits per heavy atom. The maximum atomic E-state index is 13.4. The summed E-state index contributed by atoms with van der Waals surface area (Å²) in [4.78, 5) is 24.4. The molecule has 0 aliphatic carbocycles. The Hall–Kier alpha value is -2.11. The van der Waals surface area contributed by atoms with Gasteiger partial charge in [-0.25, -0.2) is 9.18 Å². The minimum Gasteiger partial charge on any atom is -0.481 e. The van der Waals surface area contributed by atoms with Crippen molar-refractivity contribution in [3.05, 3.63) is 29.6 Å². The van der Waals surface area contributed by atoms with Gasteiger partial charge in [0.05, 0.1) is 5.92 Å². The van der Waals surface area contributed by atoms with E-state index in [1.54, 1.807) is 19.1 Å². The Balaban J connectivity index is 2.00. The number of nitrogens with one attached hydrogen (secondary N) is 1. The van der Waals surface area contributed by atoms with Crippen molar-refractivity contribution in [2.75, 3.05) is 18.4 Å². The highest BCUT2D eigenvalue weighted by Crippen LogP contribution is 2.19. The maximum absolute atomic E-state index is 13.4. The highest BCUT2D eigenvalue weighted by atomic mass is 19.1. The zero-order valence-electron chi connectivity index (χ0n) is 11.2. The zero-order chi connectivity index (χ0) is 14.7. The number of hydrogen-bond acceptors (Lipinski definition) is 2. The average Bonchev–Trinajstić information content (AvgIpc) is 2.43. The van der Waals surface area contributed by atoms with Gasteiger partial charge in [0, 0.05) is 18.8 Å². The van der Waals surface area contributed by atoms with Crippen LogP contribution in [-0.4, -0.2) is 35.1 Å². The molecule has 0 aromatic heterocycles. The van der Waals surface area contributed by atoms with Gasteiger partial charge in [-0.3, -0.25) is 4.79 Å². The molecule has 2 rings (SSSR count). The van der Waals surface area contributed by atoms with Crippen LogP contribution in [0, 0.1) is 18.7 Å². The summed E-state index contributed by atoms with van der Waals surface area (Å²) in [5.41, 5.74) is 0.877. The zero-order valence-corrected chi connectivity index (χ0v) is 11.2. The fourth-order valence-corrected chi connectivity index (χ4v) is 2.24. The van der Waals surface area contributed by atoms with Crippen molar-refractivity contribution in [1.29, 1.82) is 0 Å². The van der Waals surface area contributed by atoms with Gasteiger partial charge in [-0.2, -0.15) is 0 Å². The first-order valence-electron chi connectivity index (χ1n) is 6.52. The fraction of sp³-hybridized carbons (Fsp3) is 0.429. The van der Waals surface area contributed by atoms with E-state index in [-0.39, 0.29) is 18.4 Å². The second kappa shape index (κ2) is 5.90. The molecule has 1 aliphatic rings. The van der Waals surface area contributed by atoms with E-state index in [4.69, 9.17) is 5.11 Å². The average molecular weight is 280 g/mol. The number of urea groups is 1. The van der Waals surface area contributed by atoms with Crippen LogP contribution in [0.25, 0.3) is 0 Å². The molecule has 2 amide bonds. The lowest BCUT2D eigenvalue weighted by atomic mass is 9.99. The summed E-state index contributed by atoms with van der Waals surface area (Å²) >= 11 is 0. The van der Waals surface area contributed by atoms with E-state index in [0.29, 0.717) is 30.6 Å². The van der Waals surface area contributed by atoms with Crippen molar-refractivity contribution in [2.24, 2.45) is 5.92 Å². The molecule has 5 nitrogen and oxygen atoms in total. The van der Waals surface area contributed by atoms with Gasteiger partial charge in [0.25, 0.3) is 0 Å². The number of aryl methyl sites for hydroxylation is 1. The van der Waals surface area contributed by atoms with Crippen molar-refractivity contribution in [1.82, 2.24) is 4.90 Å². The molecule has 2 N–H and O–H groups in total. The lowest BCUT2D eigenvalue weighted by Gasteiger charge is -2.30. The molecule has 20 heavy (non-hydrogen) atoms. The van der Waals surface area contributed by atoms with Gasteiger partial charge in [-0.1, -0.05) is 6.07 Å². The largest absolute Gasteiger partial charge is 0.481 e. The van der Waals surface area contributed by atoms with Crippen LogP contribution in [0.4, 0.5) is 14.9 Å². The van der Waals surface area contributed by atoms with Crippen molar-refractivity contribution >= 4 is 17.7 Å². The van der Waals surface area contributed by atoms with E-state index in [9.17, 15) is 14.0 Å². The van der Waals surface area contributed by atoms with E-state index < -0.39 is 11.9 Å². The first kappa shape index (κ1) is 14.3. The number of carbonyl (C=O) groups excluding carboxylic acids is 1. The Kier molecular flexibility index (Phi) is 4.22. The van der Waals surface area contributed by atoms with Crippen LogP contribution in [-0.2, 0) is 4.79 Å². The molecular formula is C14H17FN2O3. The molecule has 108 valence electrons. The smallest absolute Gasteiger partial charge is 0.321 e. The van der Waals surface area contributed by atoms with Gasteiger partial charge in [0.1, 0.15) is 5.82 Å². The first-order chi connectivity index (χ1) is 9.47. The van der Waals surface area contributed by atoms with Gasteiger partial charge in [-0.05, 0) is 37.5 Å². The molecular weight excluding hydrogens is 263 g/mol. The molecule has 6 heteroatoms. The number of carbonyl (C=O) groups is 2. The Labute approximate surface area is 116 Å². The van der Waals surface area contributed by atoms with Gasteiger partial charge >= 0.3 is 12.0 Å². The molecule has 1 fully saturated rings. The third-order valence-electron chi connectivity index (χ3n) is 3.48. The number of carboxylic acids is 1. The number of aliphatic carboxylic acids is 1. The molecule has 1 aromatic rings. The minimum absolute atomic E-state index is 0.190. The van der Waals surface area contributed by atoms with Gasteiger partial charge in [-0.15, -0.1) is 0 Å². The normalized spacial score (nSPS) is 18.7. The molecule has 1 aliphatic heterocycles. The number of amides is 2. The number of hydrogen-bond donors (Lipinski definition) is 2. The standard InChI is InChI=1S/C14H17FN2O3/c1-9-4-5-11(7-12(9)15)16-14(20)17-6-2-3-10(8-17)13(18)19/h4-5,7,10H,2-3,6,8H2,1H3,(H,16,20)(H,18,19). The van der Waals surface area contributed by atoms with Gasteiger partial charge < -0.3 is 15.3 Å². The second-order valence-corrected chi connectivity index (χ2v) is 5.02. The maximum Gasteiger partial charge on any atom is 0.321 e. The number of benzene rings is 1. The molecule has 0 saturated carbocycles. The monoisotopic (exact) mass is 280 g/mol. The highest BCUT2D eigenvalue weighted by molar-refractivity contribution is 5.89. The Morgan fingerprint density at radius 1 is 1.45 bits per heavy atom. The summed E-state index contributed by atoms with van der Waals surface area (Å²) in [6.07, 6.45) is 1.24. The first-order valence-corrected chi connectivity index (χ1v) is 6.52. The number of anilines is 1. The molecule has 1 heterocycles. The second-order valence-electron chi connectivity index (χ2n) is 5.02. The Morgan fingerprint density at radius 3 is 2.85 bits per heavy atom. The van der Waals surface area contributed by atoms with Crippen molar-refractivity contribution in [2.45, 2.75) is 19.8 Å². The molecule has 0 bridgehead atoms. The topological polar surface area (TPSA) is 69.6 Å². The summed E-state index contributed by atoms with van der Waals surface area (Å²) in [7, 11) is 0. The van der Waals surface area contributed by atoms with Crippen LogP contribution in [0.2, 0.25) is 0 Å². The summed E-state index contributed by atoms with van der Waals surface area (Å²) < 4.78 is 13.4. The van der Waals surface area contributed by atoms with Crippen molar-refractivity contribution in [3.8, 4) is 0 Å². The molecule has 1 saturated heterocycles. The van der Waals surface area contributed by atoms with E-state index in [0.717, 1.165) is 0 Å². The minimum atomic E-state index is -0.885. The molecule has 1 aromatic carbocycles. The third-order valence-corrected chi connectivity index (χ3v) is 3.48. The molecule has 0 radical (unpaired) electrons. The van der Waals surface area contributed by atoms with E-state index in [1.165, 1.54) is 11.0 Å². The van der Waals surface area contributed by atoms with Crippen molar-refractivity contribution in [3.63, 3.8) is 0 Å². The van der Waals surface area contributed by atoms with E-state index in [2.05, 4.69) is 5.32 Å². The predicted octanol–water partition coefficient (Wildman–Crippen LogP) is 2.46. The van der Waals surface area contributed by atoms with Crippen molar-refractivity contribution < 1.29 is 19.1 Å². The summed E-state index contributed by atoms with van der Waals surface area (Å²) in [5.74, 6) is -1.79. The summed E-state index contributed by atoms with van der Waals surface area (Å²) in [6, 6.07) is 4.07. The number of rotatable bonds is 2. The summed E-state index contributed by atoms with van der Waals surface area (Å²) in [5, 5.41) is 11.6. The lowest BCUT2D eigenvalue weighted by Crippen LogP contribution is -2.44. The van der Waals surface area contributed by atoms with E-state index in [1.807, 2.05) is 0 Å². The molecule has 1 unspecified atom stereocenters. The third kappa shape index (κ3) is 3.26. The fourth-order valence-electron chi connectivity index (χ4n) is 2.24. The number of piperidine rings is 1. The van der Waals surface area contributed by atoms with Crippen LogP contribution in [0.3, 0.4) is 0 Å². The van der Waals surface area contributed by atoms with Gasteiger partial charge in [0.15, 0.2) is 0 Å². The van der Waals surface area contributed by atoms with Crippen LogP contribution < -0.4 is 5.32 Å². The van der Waals surface area contributed by atoms with Gasteiger partial charge in [0.2, 0.25) is 0 Å². The Bertz CT molecular complexity index is 533. The van der Waals surface area contributed by atoms with Crippen LogP contribution in [0.1, 0.15) is 18.4 Å². The number of likely N-dealkylation sites (tertiary alicyclic amines) is 1. The quantitative estimate of drug-likeness (QED) is 0.874. The SMILES string of the molecule is Cc1ccc(NC(=O)N2CCCC(C(=O)O)C2)cc1F. The number of halogens is 1. The highest BCUT2D eigenvalue weighted by Gasteiger charge is 2.28. The lowest BCUT2D eigenvalue weighted by molar-refractivity contribution is -0.143.